The van der Waals surface area contributed by atoms with Crippen LogP contribution < -0.4 is 0 Å². The Hall–Kier alpha value is -0.0631. The molecule has 0 fully saturated rings. The van der Waals surface area contributed by atoms with E-state index in [2.05, 4.69) is 12.3 Å². The van der Waals surface area contributed by atoms with E-state index in [9.17, 15) is 0 Å². The van der Waals surface area contributed by atoms with Gasteiger partial charge in [0.15, 0.2) is 0 Å². The first kappa shape index (κ1) is 21.9. The third-order valence-corrected chi connectivity index (χ3v) is 5.84. The molecule has 0 aromatic rings. The van der Waals surface area contributed by atoms with Gasteiger partial charge < -0.3 is 13.3 Å². The zero-order chi connectivity index (χ0) is 16.8. The first-order chi connectivity index (χ1) is 10.5. The molecular weight excluding hydrogens is 314 g/mol. The maximum atomic E-state index is 8.94. The van der Waals surface area contributed by atoms with E-state index in [1.165, 1.54) is 37.4 Å². The minimum atomic E-state index is -2.11. The lowest BCUT2D eigenvalue weighted by molar-refractivity contribution is 0.0503. The van der Waals surface area contributed by atoms with Gasteiger partial charge in [-0.2, -0.15) is 5.26 Å². The number of unbranched alkanes of at least 4 members (excludes halogenated alkanes) is 4. The van der Waals surface area contributed by atoms with Gasteiger partial charge in [0, 0.05) is 17.5 Å². The van der Waals surface area contributed by atoms with Gasteiger partial charge in [-0.05, 0) is 45.9 Å². The number of nitrogens with zero attached hydrogens (tertiary/aromatic N) is 1. The van der Waals surface area contributed by atoms with Crippen molar-refractivity contribution in [3.63, 3.8) is 0 Å². The van der Waals surface area contributed by atoms with Crippen molar-refractivity contribution in [3.05, 3.63) is 0 Å². The predicted octanol–water partition coefficient (Wildman–Crippen LogP) is 4.51. The Balaban J connectivity index is 4.13. The molecule has 0 rings (SSSR count). The molecule has 0 spiro atoms. The molecule has 0 saturated carbocycles. The molecule has 0 bridgehead atoms. The summed E-state index contributed by atoms with van der Waals surface area (Å²) in [6.07, 6.45) is 7.46. The average molecular weight is 348 g/mol. The van der Waals surface area contributed by atoms with Crippen molar-refractivity contribution < 1.29 is 13.3 Å². The largest absolute Gasteiger partial charge is 0.484 e. The van der Waals surface area contributed by atoms with E-state index in [0.29, 0.717) is 6.61 Å². The van der Waals surface area contributed by atoms with E-state index in [1.54, 1.807) is 0 Å². The van der Waals surface area contributed by atoms with Crippen LogP contribution in [0.25, 0.3) is 0 Å². The van der Waals surface area contributed by atoms with Gasteiger partial charge in [-0.15, -0.1) is 0 Å². The molecule has 0 aliphatic carbocycles. The standard InChI is InChI=1S/C16H33NO3SSi/c1-6-7-8-9-10-11-16(21-13-17)12-18-22(19-14(2)3)20-15(4)5/h14-16,22H,6-12H2,1-5H3. The van der Waals surface area contributed by atoms with Gasteiger partial charge in [0.25, 0.3) is 0 Å². The van der Waals surface area contributed by atoms with Gasteiger partial charge in [0.1, 0.15) is 5.40 Å². The first-order valence-electron chi connectivity index (χ1n) is 8.46. The molecule has 0 aliphatic heterocycles. The van der Waals surface area contributed by atoms with E-state index in [0.717, 1.165) is 12.8 Å². The lowest BCUT2D eigenvalue weighted by Gasteiger charge is -2.23. The lowest BCUT2D eigenvalue weighted by Crippen LogP contribution is -2.34. The molecule has 0 aromatic carbocycles. The highest BCUT2D eigenvalue weighted by molar-refractivity contribution is 8.04. The second kappa shape index (κ2) is 14.5. The predicted molar refractivity (Wildman–Crippen MR) is 95.9 cm³/mol. The molecule has 1 atom stereocenters. The summed E-state index contributed by atoms with van der Waals surface area (Å²) < 4.78 is 17.4. The summed E-state index contributed by atoms with van der Waals surface area (Å²) in [6.45, 7) is 10.7. The molecule has 6 heteroatoms. The summed E-state index contributed by atoms with van der Waals surface area (Å²) >= 11 is 1.31. The van der Waals surface area contributed by atoms with Crippen LogP contribution in [0.15, 0.2) is 0 Å². The molecule has 4 nitrogen and oxygen atoms in total. The second-order valence-electron chi connectivity index (χ2n) is 6.03. The Labute approximate surface area is 142 Å². The fraction of sp³-hybridized carbons (Fsp3) is 0.938. The van der Waals surface area contributed by atoms with E-state index >= 15 is 0 Å². The fourth-order valence-electron chi connectivity index (χ4n) is 1.97. The van der Waals surface area contributed by atoms with Crippen LogP contribution in [0.5, 0.6) is 0 Å². The van der Waals surface area contributed by atoms with Crippen LogP contribution in [0.3, 0.4) is 0 Å². The van der Waals surface area contributed by atoms with Crippen LogP contribution in [0.4, 0.5) is 0 Å². The monoisotopic (exact) mass is 347 g/mol. The third-order valence-electron chi connectivity index (χ3n) is 3.03. The van der Waals surface area contributed by atoms with Crippen molar-refractivity contribution in [2.45, 2.75) is 90.6 Å². The lowest BCUT2D eigenvalue weighted by atomic mass is 10.1. The molecule has 130 valence electrons. The SMILES string of the molecule is CCCCCCCC(CO[SiH](OC(C)C)OC(C)C)SC#N. The first-order valence-corrected chi connectivity index (χ1v) is 10.8. The number of nitriles is 1. The van der Waals surface area contributed by atoms with Crippen molar-refractivity contribution in [2.24, 2.45) is 0 Å². The Morgan fingerprint density at radius 3 is 2.09 bits per heavy atom. The maximum absolute atomic E-state index is 8.94. The minimum Gasteiger partial charge on any atom is -0.375 e. The molecule has 0 radical (unpaired) electrons. The topological polar surface area (TPSA) is 51.5 Å². The summed E-state index contributed by atoms with van der Waals surface area (Å²) in [6, 6.07) is 0. The van der Waals surface area contributed by atoms with Gasteiger partial charge in [-0.1, -0.05) is 39.0 Å². The Kier molecular flexibility index (Phi) is 14.5. The van der Waals surface area contributed by atoms with E-state index in [4.69, 9.17) is 18.5 Å². The number of hydrogen-bond acceptors (Lipinski definition) is 5. The molecule has 0 aliphatic rings. The van der Waals surface area contributed by atoms with Crippen molar-refractivity contribution in [3.8, 4) is 5.40 Å². The fourth-order valence-corrected chi connectivity index (χ4v) is 4.19. The van der Waals surface area contributed by atoms with Gasteiger partial charge in [-0.25, -0.2) is 0 Å². The van der Waals surface area contributed by atoms with Crippen LogP contribution in [0.2, 0.25) is 0 Å². The molecule has 0 aromatic heterocycles. The molecule has 22 heavy (non-hydrogen) atoms. The Morgan fingerprint density at radius 2 is 1.59 bits per heavy atom. The van der Waals surface area contributed by atoms with Crippen molar-refractivity contribution in [1.82, 2.24) is 0 Å². The van der Waals surface area contributed by atoms with Crippen LogP contribution >= 0.6 is 11.8 Å². The van der Waals surface area contributed by atoms with Crippen LogP contribution in [0.1, 0.15) is 73.1 Å². The molecule has 0 N–H and O–H groups in total. The van der Waals surface area contributed by atoms with Crippen molar-refractivity contribution in [1.29, 1.82) is 5.26 Å². The number of thioether (sulfide) groups is 1. The summed E-state index contributed by atoms with van der Waals surface area (Å²) in [5.74, 6) is 0. The van der Waals surface area contributed by atoms with Gasteiger partial charge in [-0.3, -0.25) is 0 Å². The zero-order valence-corrected chi connectivity index (χ0v) is 16.8. The number of thiocyanates is 1. The summed E-state index contributed by atoms with van der Waals surface area (Å²) in [7, 11) is -2.11. The van der Waals surface area contributed by atoms with Crippen molar-refractivity contribution in [2.75, 3.05) is 6.61 Å². The molecule has 1 unspecified atom stereocenters. The van der Waals surface area contributed by atoms with Gasteiger partial charge >= 0.3 is 9.53 Å². The highest BCUT2D eigenvalue weighted by atomic mass is 32.2. The normalized spacial score (nSPS) is 13.0. The van der Waals surface area contributed by atoms with Crippen LogP contribution in [-0.4, -0.2) is 33.6 Å². The second-order valence-corrected chi connectivity index (χ2v) is 8.57. The summed E-state index contributed by atoms with van der Waals surface area (Å²) in [5, 5.41) is 11.4. The van der Waals surface area contributed by atoms with Gasteiger partial charge in [0.05, 0.1) is 6.61 Å². The summed E-state index contributed by atoms with van der Waals surface area (Å²) in [5.41, 5.74) is 0. The molecule has 0 heterocycles. The smallest absolute Gasteiger partial charge is 0.375 e. The highest BCUT2D eigenvalue weighted by Gasteiger charge is 2.21. The third kappa shape index (κ3) is 13.6. The highest BCUT2D eigenvalue weighted by Crippen LogP contribution is 2.19. The Morgan fingerprint density at radius 1 is 1.00 bits per heavy atom. The van der Waals surface area contributed by atoms with Crippen molar-refractivity contribution >= 4 is 21.3 Å². The number of rotatable bonds is 14. The van der Waals surface area contributed by atoms with E-state index < -0.39 is 9.53 Å². The van der Waals surface area contributed by atoms with Gasteiger partial charge in [0.2, 0.25) is 0 Å². The zero-order valence-electron chi connectivity index (χ0n) is 14.8. The minimum absolute atomic E-state index is 0.103. The molecule has 0 amide bonds. The maximum Gasteiger partial charge on any atom is 0.484 e. The molecule has 0 saturated heterocycles. The van der Waals surface area contributed by atoms with Crippen LogP contribution in [-0.2, 0) is 13.3 Å². The average Bonchev–Trinajstić information content (AvgIpc) is 2.42. The van der Waals surface area contributed by atoms with Crippen LogP contribution in [0, 0.1) is 10.7 Å². The Bertz CT molecular complexity index is 288. The van der Waals surface area contributed by atoms with E-state index in [1.807, 2.05) is 27.7 Å². The molecular formula is C16H33NO3SSi. The summed E-state index contributed by atoms with van der Waals surface area (Å²) in [4.78, 5) is 0. The quantitative estimate of drug-likeness (QED) is 0.263. The van der Waals surface area contributed by atoms with E-state index in [-0.39, 0.29) is 17.5 Å². The number of hydrogen-bond donors (Lipinski definition) is 0.